The monoisotopic (exact) mass is 274 g/mol. The Labute approximate surface area is 120 Å². The van der Waals surface area contributed by atoms with Crippen molar-refractivity contribution in [3.8, 4) is 5.75 Å². The molecule has 0 radical (unpaired) electrons. The molecule has 108 valence electrons. The number of aryl methyl sites for hydroxylation is 2. The van der Waals surface area contributed by atoms with Gasteiger partial charge in [-0.1, -0.05) is 23.4 Å². The van der Waals surface area contributed by atoms with Crippen LogP contribution < -0.4 is 10.1 Å². The minimum atomic E-state index is 0.179. The van der Waals surface area contributed by atoms with E-state index in [1.807, 2.05) is 45.9 Å². The highest BCUT2D eigenvalue weighted by Crippen LogP contribution is 2.19. The van der Waals surface area contributed by atoms with E-state index in [9.17, 15) is 0 Å². The van der Waals surface area contributed by atoms with Crippen molar-refractivity contribution < 1.29 is 9.26 Å². The molecule has 0 saturated carbocycles. The van der Waals surface area contributed by atoms with Crippen LogP contribution in [0.2, 0.25) is 0 Å². The first-order valence-corrected chi connectivity index (χ1v) is 6.95. The van der Waals surface area contributed by atoms with Gasteiger partial charge in [-0.2, -0.15) is 0 Å². The van der Waals surface area contributed by atoms with Crippen LogP contribution in [-0.4, -0.2) is 11.3 Å². The van der Waals surface area contributed by atoms with Crippen molar-refractivity contribution >= 4 is 0 Å². The highest BCUT2D eigenvalue weighted by molar-refractivity contribution is 5.33. The molecule has 0 saturated heterocycles. The van der Waals surface area contributed by atoms with Gasteiger partial charge >= 0.3 is 0 Å². The Morgan fingerprint density at radius 2 is 1.95 bits per heavy atom. The predicted octanol–water partition coefficient (Wildman–Crippen LogP) is 3.37. The topological polar surface area (TPSA) is 47.3 Å². The Balaban J connectivity index is 1.97. The van der Waals surface area contributed by atoms with Crippen LogP contribution in [0.1, 0.15) is 36.4 Å². The van der Waals surface area contributed by atoms with Gasteiger partial charge in [0, 0.05) is 24.2 Å². The molecular formula is C16H22N2O2. The summed E-state index contributed by atoms with van der Waals surface area (Å²) in [4.78, 5) is 0. The van der Waals surface area contributed by atoms with E-state index in [0.29, 0.717) is 0 Å². The fourth-order valence-electron chi connectivity index (χ4n) is 2.10. The van der Waals surface area contributed by atoms with Crippen LogP contribution in [0, 0.1) is 13.8 Å². The number of hydrogen-bond acceptors (Lipinski definition) is 4. The molecule has 2 rings (SSSR count). The Hall–Kier alpha value is -1.81. The molecule has 1 aromatic carbocycles. The minimum absolute atomic E-state index is 0.179. The Morgan fingerprint density at radius 3 is 2.60 bits per heavy atom. The highest BCUT2D eigenvalue weighted by Gasteiger charge is 2.09. The second-order valence-corrected chi connectivity index (χ2v) is 5.18. The van der Waals surface area contributed by atoms with Gasteiger partial charge in [-0.25, -0.2) is 0 Å². The Morgan fingerprint density at radius 1 is 1.20 bits per heavy atom. The summed E-state index contributed by atoms with van der Waals surface area (Å²) in [5, 5.41) is 7.38. The number of nitrogens with one attached hydrogen (secondary N) is 1. The quantitative estimate of drug-likeness (QED) is 0.877. The third-order valence-corrected chi connectivity index (χ3v) is 3.13. The fourth-order valence-corrected chi connectivity index (χ4v) is 2.10. The number of benzene rings is 1. The molecule has 1 aromatic heterocycles. The average Bonchev–Trinajstić information content (AvgIpc) is 2.71. The summed E-state index contributed by atoms with van der Waals surface area (Å²) in [6, 6.07) is 8.11. The van der Waals surface area contributed by atoms with Crippen LogP contribution in [0.5, 0.6) is 5.75 Å². The van der Waals surface area contributed by atoms with Gasteiger partial charge in [0.2, 0.25) is 0 Å². The zero-order chi connectivity index (χ0) is 14.5. The predicted molar refractivity (Wildman–Crippen MR) is 78.7 cm³/mol. The number of nitrogens with zero attached hydrogens (tertiary/aromatic N) is 1. The molecular weight excluding hydrogens is 252 g/mol. The molecule has 1 N–H and O–H groups in total. The SMILES string of the molecule is Cc1noc(C)c1CNCc1ccccc1OC(C)C. The van der Waals surface area contributed by atoms with Crippen LogP contribution in [0.3, 0.4) is 0 Å². The second kappa shape index (κ2) is 6.57. The molecule has 0 bridgehead atoms. The summed E-state index contributed by atoms with van der Waals surface area (Å²) >= 11 is 0. The van der Waals surface area contributed by atoms with Crippen LogP contribution in [-0.2, 0) is 13.1 Å². The summed E-state index contributed by atoms with van der Waals surface area (Å²) < 4.78 is 11.0. The molecule has 0 aliphatic carbocycles. The fraction of sp³-hybridized carbons (Fsp3) is 0.438. The lowest BCUT2D eigenvalue weighted by Gasteiger charge is -2.14. The molecule has 4 heteroatoms. The molecule has 0 atom stereocenters. The van der Waals surface area contributed by atoms with Gasteiger partial charge in [0.15, 0.2) is 0 Å². The van der Waals surface area contributed by atoms with Gasteiger partial charge in [0.1, 0.15) is 11.5 Å². The molecule has 4 nitrogen and oxygen atoms in total. The van der Waals surface area contributed by atoms with E-state index in [2.05, 4.69) is 16.5 Å². The zero-order valence-corrected chi connectivity index (χ0v) is 12.6. The van der Waals surface area contributed by atoms with Crippen molar-refractivity contribution in [3.63, 3.8) is 0 Å². The minimum Gasteiger partial charge on any atom is -0.491 e. The summed E-state index contributed by atoms with van der Waals surface area (Å²) in [6.45, 7) is 9.47. The van der Waals surface area contributed by atoms with Gasteiger partial charge in [0.25, 0.3) is 0 Å². The number of rotatable bonds is 6. The molecule has 20 heavy (non-hydrogen) atoms. The van der Waals surface area contributed by atoms with Crippen molar-refractivity contribution in [1.82, 2.24) is 10.5 Å². The lowest BCUT2D eigenvalue weighted by molar-refractivity contribution is 0.239. The average molecular weight is 274 g/mol. The molecule has 0 amide bonds. The van der Waals surface area contributed by atoms with E-state index in [-0.39, 0.29) is 6.10 Å². The van der Waals surface area contributed by atoms with E-state index in [4.69, 9.17) is 9.26 Å². The number of para-hydroxylation sites is 1. The van der Waals surface area contributed by atoms with Crippen LogP contribution in [0.25, 0.3) is 0 Å². The highest BCUT2D eigenvalue weighted by atomic mass is 16.5. The van der Waals surface area contributed by atoms with Gasteiger partial charge in [-0.3, -0.25) is 0 Å². The molecule has 0 unspecified atom stereocenters. The van der Waals surface area contributed by atoms with Crippen molar-refractivity contribution in [3.05, 3.63) is 46.8 Å². The lowest BCUT2D eigenvalue weighted by atomic mass is 10.1. The summed E-state index contributed by atoms with van der Waals surface area (Å²) in [6.07, 6.45) is 0.179. The first-order valence-electron chi connectivity index (χ1n) is 6.95. The van der Waals surface area contributed by atoms with Crippen LogP contribution in [0.15, 0.2) is 28.8 Å². The van der Waals surface area contributed by atoms with Crippen molar-refractivity contribution in [2.45, 2.75) is 46.9 Å². The van der Waals surface area contributed by atoms with Gasteiger partial charge in [0.05, 0.1) is 11.8 Å². The maximum atomic E-state index is 5.81. The normalized spacial score (nSPS) is 11.1. The molecule has 0 aliphatic rings. The van der Waals surface area contributed by atoms with Gasteiger partial charge in [-0.05, 0) is 33.8 Å². The molecule has 2 aromatic rings. The maximum Gasteiger partial charge on any atom is 0.138 e. The molecule has 1 heterocycles. The van der Waals surface area contributed by atoms with E-state index in [1.54, 1.807) is 0 Å². The van der Waals surface area contributed by atoms with E-state index in [1.165, 1.54) is 0 Å². The van der Waals surface area contributed by atoms with Crippen molar-refractivity contribution in [2.24, 2.45) is 0 Å². The second-order valence-electron chi connectivity index (χ2n) is 5.18. The van der Waals surface area contributed by atoms with Gasteiger partial charge in [-0.15, -0.1) is 0 Å². The third-order valence-electron chi connectivity index (χ3n) is 3.13. The smallest absolute Gasteiger partial charge is 0.138 e. The zero-order valence-electron chi connectivity index (χ0n) is 12.6. The number of hydrogen-bond donors (Lipinski definition) is 1. The summed E-state index contributed by atoms with van der Waals surface area (Å²) in [5.74, 6) is 1.82. The first-order chi connectivity index (χ1) is 9.58. The lowest BCUT2D eigenvalue weighted by Crippen LogP contribution is -2.15. The van der Waals surface area contributed by atoms with E-state index in [0.717, 1.165) is 41.4 Å². The third kappa shape index (κ3) is 3.61. The first kappa shape index (κ1) is 14.6. The summed E-state index contributed by atoms with van der Waals surface area (Å²) in [5.41, 5.74) is 3.24. The largest absolute Gasteiger partial charge is 0.491 e. The Kier molecular flexibility index (Phi) is 4.79. The maximum absolute atomic E-state index is 5.81. The summed E-state index contributed by atoms with van der Waals surface area (Å²) in [7, 11) is 0. The van der Waals surface area contributed by atoms with Crippen LogP contribution in [0.4, 0.5) is 0 Å². The number of aromatic nitrogens is 1. The molecule has 0 spiro atoms. The van der Waals surface area contributed by atoms with Gasteiger partial charge < -0.3 is 14.6 Å². The number of ether oxygens (including phenoxy) is 1. The molecule has 0 fully saturated rings. The van der Waals surface area contributed by atoms with E-state index >= 15 is 0 Å². The van der Waals surface area contributed by atoms with Crippen molar-refractivity contribution in [1.29, 1.82) is 0 Å². The molecule has 0 aliphatic heterocycles. The van der Waals surface area contributed by atoms with Crippen molar-refractivity contribution in [2.75, 3.05) is 0 Å². The van der Waals surface area contributed by atoms with Crippen LogP contribution >= 0.6 is 0 Å². The Bertz CT molecular complexity index is 542. The standard InChI is InChI=1S/C16H22N2O2/c1-11(2)19-16-8-6-5-7-14(16)9-17-10-15-12(3)18-20-13(15)4/h5-8,11,17H,9-10H2,1-4H3. The van der Waals surface area contributed by atoms with E-state index < -0.39 is 0 Å².